The molecule has 4 saturated carbocycles. The molecule has 5 rings (SSSR count). The van der Waals surface area contributed by atoms with E-state index in [1.807, 2.05) is 19.0 Å². The minimum atomic E-state index is -3.57. The first-order valence-electron chi connectivity index (χ1n) is 10.6. The van der Waals surface area contributed by atoms with Gasteiger partial charge in [0.05, 0.1) is 16.3 Å². The van der Waals surface area contributed by atoms with Gasteiger partial charge in [-0.1, -0.05) is 15.9 Å². The van der Waals surface area contributed by atoms with E-state index in [2.05, 4.69) is 21.2 Å². The van der Waals surface area contributed by atoms with Crippen molar-refractivity contribution in [1.29, 1.82) is 0 Å². The summed E-state index contributed by atoms with van der Waals surface area (Å²) < 4.78 is 26.6. The number of hydrogen-bond donors (Lipinski definition) is 1. The van der Waals surface area contributed by atoms with E-state index < -0.39 is 10.0 Å². The van der Waals surface area contributed by atoms with Crippen molar-refractivity contribution in [2.75, 3.05) is 38.4 Å². The Bertz CT molecular complexity index is 946. The van der Waals surface area contributed by atoms with Gasteiger partial charge in [0.2, 0.25) is 15.9 Å². The summed E-state index contributed by atoms with van der Waals surface area (Å²) in [6, 6.07) is 4.92. The van der Waals surface area contributed by atoms with E-state index in [0.717, 1.165) is 36.8 Å². The van der Waals surface area contributed by atoms with Crippen molar-refractivity contribution in [3.63, 3.8) is 0 Å². The summed E-state index contributed by atoms with van der Waals surface area (Å²) in [4.78, 5) is 15.2. The zero-order valence-corrected chi connectivity index (χ0v) is 20.6. The van der Waals surface area contributed by atoms with Gasteiger partial charge in [-0.15, -0.1) is 0 Å². The number of carbonyl (C=O) groups is 1. The molecule has 4 bridgehead atoms. The minimum Gasteiger partial charge on any atom is -0.376 e. The number of amides is 1. The Labute approximate surface area is 188 Å². The van der Waals surface area contributed by atoms with Crippen LogP contribution in [0.1, 0.15) is 44.9 Å². The standard InChI is InChI=1S/C22H32BrN3O3S/c1-25(2)19-6-5-17(30(28,29)26(3)4)8-18(19)24-20(27)13-21-9-15-7-16(10-21)12-22(23,11-15)14-21/h5-6,8,15-16H,7,9-14H2,1-4H3,(H,24,27). The highest BCUT2D eigenvalue weighted by atomic mass is 79.9. The molecule has 1 amide bonds. The van der Waals surface area contributed by atoms with E-state index in [4.69, 9.17) is 0 Å². The Balaban J connectivity index is 1.57. The van der Waals surface area contributed by atoms with Crippen LogP contribution in [0, 0.1) is 17.3 Å². The average molecular weight is 498 g/mol. The average Bonchev–Trinajstić information content (AvgIpc) is 2.58. The summed E-state index contributed by atoms with van der Waals surface area (Å²) in [5.74, 6) is 1.43. The van der Waals surface area contributed by atoms with E-state index in [1.165, 1.54) is 37.7 Å². The van der Waals surface area contributed by atoms with E-state index in [-0.39, 0.29) is 20.5 Å². The summed E-state index contributed by atoms with van der Waals surface area (Å²) in [5.41, 5.74) is 1.42. The smallest absolute Gasteiger partial charge is 0.242 e. The molecule has 0 heterocycles. The normalized spacial score (nSPS) is 32.5. The van der Waals surface area contributed by atoms with E-state index in [0.29, 0.717) is 12.1 Å². The molecule has 1 aromatic rings. The van der Waals surface area contributed by atoms with Gasteiger partial charge >= 0.3 is 0 Å². The van der Waals surface area contributed by atoms with Crippen LogP contribution in [-0.4, -0.2) is 51.1 Å². The summed E-state index contributed by atoms with van der Waals surface area (Å²) in [6.07, 6.45) is 7.64. The predicted molar refractivity (Wildman–Crippen MR) is 124 cm³/mol. The summed E-state index contributed by atoms with van der Waals surface area (Å²) >= 11 is 4.02. The van der Waals surface area contributed by atoms with Gasteiger partial charge in [-0.3, -0.25) is 4.79 Å². The Morgan fingerprint density at radius 2 is 1.77 bits per heavy atom. The maximum atomic E-state index is 13.2. The monoisotopic (exact) mass is 497 g/mol. The molecule has 30 heavy (non-hydrogen) atoms. The van der Waals surface area contributed by atoms with Crippen molar-refractivity contribution in [3.8, 4) is 0 Å². The highest BCUT2D eigenvalue weighted by Gasteiger charge is 2.57. The lowest BCUT2D eigenvalue weighted by molar-refractivity contribution is -0.123. The third kappa shape index (κ3) is 4.02. The van der Waals surface area contributed by atoms with Gasteiger partial charge in [-0.25, -0.2) is 12.7 Å². The van der Waals surface area contributed by atoms with Crippen LogP contribution in [0.4, 0.5) is 11.4 Å². The second kappa shape index (κ2) is 7.48. The molecule has 0 radical (unpaired) electrons. The SMILES string of the molecule is CN(C)c1ccc(S(=O)(=O)N(C)C)cc1NC(=O)CC12CC3CC(CC(Br)(C3)C1)C2. The van der Waals surface area contributed by atoms with Crippen LogP contribution in [-0.2, 0) is 14.8 Å². The summed E-state index contributed by atoms with van der Waals surface area (Å²) in [5, 5.41) is 3.05. The quantitative estimate of drug-likeness (QED) is 0.601. The molecule has 4 aliphatic rings. The van der Waals surface area contributed by atoms with Gasteiger partial charge in [-0.05, 0) is 74.0 Å². The number of hydrogen-bond acceptors (Lipinski definition) is 4. The van der Waals surface area contributed by atoms with Gasteiger partial charge in [0, 0.05) is 38.9 Å². The fourth-order valence-electron chi connectivity index (χ4n) is 6.45. The fraction of sp³-hybridized carbons (Fsp3) is 0.682. The lowest BCUT2D eigenvalue weighted by Gasteiger charge is -2.60. The Morgan fingerprint density at radius 1 is 1.13 bits per heavy atom. The number of carbonyl (C=O) groups excluding carboxylic acids is 1. The number of halogens is 1. The number of sulfonamides is 1. The van der Waals surface area contributed by atoms with Crippen molar-refractivity contribution < 1.29 is 13.2 Å². The summed E-state index contributed by atoms with van der Waals surface area (Å²) in [7, 11) is 3.22. The molecular weight excluding hydrogens is 466 g/mol. The van der Waals surface area contributed by atoms with Crippen molar-refractivity contribution >= 4 is 43.2 Å². The Morgan fingerprint density at radius 3 is 2.30 bits per heavy atom. The molecule has 0 aliphatic heterocycles. The molecule has 8 heteroatoms. The fourth-order valence-corrected chi connectivity index (χ4v) is 8.89. The van der Waals surface area contributed by atoms with Crippen LogP contribution in [0.15, 0.2) is 23.1 Å². The molecule has 166 valence electrons. The Hall–Kier alpha value is -1.12. The minimum absolute atomic E-state index is 0.0180. The van der Waals surface area contributed by atoms with Crippen LogP contribution >= 0.6 is 15.9 Å². The third-order valence-corrected chi connectivity index (χ3v) is 9.89. The molecule has 1 N–H and O–H groups in total. The third-order valence-electron chi connectivity index (χ3n) is 7.15. The Kier molecular flexibility index (Phi) is 5.51. The largest absolute Gasteiger partial charge is 0.376 e. The summed E-state index contributed by atoms with van der Waals surface area (Å²) in [6.45, 7) is 0. The zero-order valence-electron chi connectivity index (χ0n) is 18.2. The lowest BCUT2D eigenvalue weighted by atomic mass is 9.48. The molecule has 6 nitrogen and oxygen atoms in total. The number of rotatable bonds is 6. The first kappa shape index (κ1) is 22.1. The molecule has 2 unspecified atom stereocenters. The van der Waals surface area contributed by atoms with E-state index in [9.17, 15) is 13.2 Å². The first-order valence-corrected chi connectivity index (χ1v) is 12.9. The molecule has 0 aromatic heterocycles. The van der Waals surface area contributed by atoms with Crippen molar-refractivity contribution in [3.05, 3.63) is 18.2 Å². The molecule has 2 atom stereocenters. The molecule has 1 aromatic carbocycles. The topological polar surface area (TPSA) is 69.7 Å². The van der Waals surface area contributed by atoms with E-state index >= 15 is 0 Å². The highest BCUT2D eigenvalue weighted by molar-refractivity contribution is 9.10. The molecular formula is C22H32BrN3O3S. The molecule has 0 spiro atoms. The van der Waals surface area contributed by atoms with Crippen LogP contribution in [0.5, 0.6) is 0 Å². The van der Waals surface area contributed by atoms with Gasteiger partial charge in [0.25, 0.3) is 0 Å². The van der Waals surface area contributed by atoms with Crippen LogP contribution in [0.2, 0.25) is 0 Å². The van der Waals surface area contributed by atoms with Crippen molar-refractivity contribution in [2.45, 2.75) is 54.2 Å². The number of alkyl halides is 1. The van der Waals surface area contributed by atoms with E-state index in [1.54, 1.807) is 18.2 Å². The van der Waals surface area contributed by atoms with Crippen LogP contribution in [0.25, 0.3) is 0 Å². The van der Waals surface area contributed by atoms with Gasteiger partial charge in [0.15, 0.2) is 0 Å². The maximum absolute atomic E-state index is 13.2. The van der Waals surface area contributed by atoms with Gasteiger partial charge in [0.1, 0.15) is 0 Å². The second-order valence-electron chi connectivity index (χ2n) is 10.2. The first-order chi connectivity index (χ1) is 13.9. The number of nitrogens with one attached hydrogen (secondary N) is 1. The van der Waals surface area contributed by atoms with Crippen molar-refractivity contribution in [1.82, 2.24) is 4.31 Å². The number of anilines is 2. The molecule has 4 fully saturated rings. The maximum Gasteiger partial charge on any atom is 0.242 e. The predicted octanol–water partition coefficient (Wildman–Crippen LogP) is 4.07. The van der Waals surface area contributed by atoms with Crippen LogP contribution in [0.3, 0.4) is 0 Å². The second-order valence-corrected chi connectivity index (χ2v) is 14.0. The lowest BCUT2D eigenvalue weighted by Crippen LogP contribution is -2.53. The zero-order chi connectivity index (χ0) is 21.9. The van der Waals surface area contributed by atoms with Crippen molar-refractivity contribution in [2.24, 2.45) is 17.3 Å². The van der Waals surface area contributed by atoms with Gasteiger partial charge in [-0.2, -0.15) is 0 Å². The van der Waals surface area contributed by atoms with Gasteiger partial charge < -0.3 is 10.2 Å². The number of nitrogens with zero attached hydrogens (tertiary/aromatic N) is 2. The molecule has 4 aliphatic carbocycles. The highest BCUT2D eigenvalue weighted by Crippen LogP contribution is 2.65. The van der Waals surface area contributed by atoms with Crippen LogP contribution < -0.4 is 10.2 Å². The number of benzene rings is 1. The molecule has 0 saturated heterocycles.